The number of rotatable bonds is 7. The van der Waals surface area contributed by atoms with Crippen LogP contribution in [0, 0.1) is 0 Å². The first-order valence-corrected chi connectivity index (χ1v) is 16.4. The van der Waals surface area contributed by atoms with Crippen molar-refractivity contribution in [3.63, 3.8) is 0 Å². The van der Waals surface area contributed by atoms with Crippen molar-refractivity contribution in [1.29, 1.82) is 0 Å². The zero-order valence-corrected chi connectivity index (χ0v) is 26.2. The highest BCUT2D eigenvalue weighted by Crippen LogP contribution is 2.41. The van der Waals surface area contributed by atoms with Gasteiger partial charge in [-0.2, -0.15) is 0 Å². The Morgan fingerprint density at radius 1 is 0.553 bits per heavy atom. The van der Waals surface area contributed by atoms with Gasteiger partial charge in [0.1, 0.15) is 0 Å². The van der Waals surface area contributed by atoms with Crippen LogP contribution in [-0.4, -0.2) is 0 Å². The molecule has 0 fully saturated rings. The summed E-state index contributed by atoms with van der Waals surface area (Å²) in [5.74, 6) is 0.319. The van der Waals surface area contributed by atoms with E-state index in [9.17, 15) is 0 Å². The monoisotopic (exact) mass is 601 g/mol. The molecule has 0 aromatic heterocycles. The van der Waals surface area contributed by atoms with Crippen molar-refractivity contribution in [2.75, 3.05) is 4.90 Å². The fourth-order valence-corrected chi connectivity index (χ4v) is 6.90. The van der Waals surface area contributed by atoms with Crippen LogP contribution < -0.4 is 4.90 Å². The van der Waals surface area contributed by atoms with Crippen molar-refractivity contribution in [1.82, 2.24) is 0 Å². The predicted octanol–water partition coefficient (Wildman–Crippen LogP) is 12.3. The quantitative estimate of drug-likeness (QED) is 0.164. The Morgan fingerprint density at radius 3 is 1.94 bits per heavy atom. The van der Waals surface area contributed by atoms with E-state index in [4.69, 9.17) is 0 Å². The van der Waals surface area contributed by atoms with E-state index in [-0.39, 0.29) is 0 Å². The van der Waals surface area contributed by atoms with Crippen molar-refractivity contribution in [3.8, 4) is 0 Å². The molecule has 47 heavy (non-hydrogen) atoms. The summed E-state index contributed by atoms with van der Waals surface area (Å²) in [6, 6.07) is 61.2. The molecule has 0 amide bonds. The van der Waals surface area contributed by atoms with Crippen molar-refractivity contribution in [2.24, 2.45) is 0 Å². The van der Waals surface area contributed by atoms with Gasteiger partial charge < -0.3 is 4.90 Å². The van der Waals surface area contributed by atoms with Gasteiger partial charge in [-0.15, -0.1) is 0 Å². The highest BCUT2D eigenvalue weighted by atomic mass is 15.1. The van der Waals surface area contributed by atoms with E-state index in [0.29, 0.717) is 5.92 Å². The molecular formula is C46H35N. The van der Waals surface area contributed by atoms with Gasteiger partial charge in [0.25, 0.3) is 0 Å². The first-order valence-electron chi connectivity index (χ1n) is 16.4. The zero-order chi connectivity index (χ0) is 31.4. The summed E-state index contributed by atoms with van der Waals surface area (Å²) in [4.78, 5) is 2.46. The van der Waals surface area contributed by atoms with E-state index in [1.807, 2.05) is 0 Å². The van der Waals surface area contributed by atoms with Crippen LogP contribution in [0.2, 0.25) is 0 Å². The molecule has 7 aromatic rings. The summed E-state index contributed by atoms with van der Waals surface area (Å²) in [5, 5.41) is 4.98. The summed E-state index contributed by atoms with van der Waals surface area (Å²) < 4.78 is 0. The number of hydrogen-bond donors (Lipinski definition) is 0. The van der Waals surface area contributed by atoms with E-state index in [2.05, 4.69) is 199 Å². The van der Waals surface area contributed by atoms with Gasteiger partial charge in [0.2, 0.25) is 0 Å². The normalized spacial score (nSPS) is 14.7. The topological polar surface area (TPSA) is 3.24 Å². The minimum absolute atomic E-state index is 0.319. The second-order valence-electron chi connectivity index (χ2n) is 12.1. The van der Waals surface area contributed by atoms with Crippen LogP contribution in [0.4, 0.5) is 11.4 Å². The van der Waals surface area contributed by atoms with Crippen LogP contribution in [-0.2, 0) is 0 Å². The molecule has 8 rings (SSSR count). The SMILES string of the molecule is C1=CC(c2ccccc2)CC(N(c2ccc(/C(=C\c3ccccc3)c3cccc4ccccc34)cc2)c2cccc3ccccc23)=C1. The lowest BCUT2D eigenvalue weighted by Crippen LogP contribution is -2.20. The molecule has 0 radical (unpaired) electrons. The van der Waals surface area contributed by atoms with E-state index in [0.717, 1.165) is 12.1 Å². The molecule has 0 saturated carbocycles. The molecule has 0 heterocycles. The molecule has 224 valence electrons. The number of fused-ring (bicyclic) bond motifs is 2. The number of allylic oxidation sites excluding steroid dienone is 4. The van der Waals surface area contributed by atoms with Crippen molar-refractivity contribution in [3.05, 3.63) is 216 Å². The van der Waals surface area contributed by atoms with E-state index in [1.54, 1.807) is 0 Å². The second kappa shape index (κ2) is 12.8. The van der Waals surface area contributed by atoms with Crippen LogP contribution in [0.3, 0.4) is 0 Å². The van der Waals surface area contributed by atoms with Gasteiger partial charge in [-0.25, -0.2) is 0 Å². The van der Waals surface area contributed by atoms with Gasteiger partial charge >= 0.3 is 0 Å². The fraction of sp³-hybridized carbons (Fsp3) is 0.0435. The predicted molar refractivity (Wildman–Crippen MR) is 201 cm³/mol. The average molecular weight is 602 g/mol. The summed E-state index contributed by atoms with van der Waals surface area (Å²) in [6.07, 6.45) is 10.1. The third kappa shape index (κ3) is 5.80. The Labute approximate surface area is 277 Å². The molecule has 1 unspecified atom stereocenters. The summed E-state index contributed by atoms with van der Waals surface area (Å²) in [5.41, 5.74) is 9.77. The lowest BCUT2D eigenvalue weighted by molar-refractivity contribution is 0.795. The van der Waals surface area contributed by atoms with Crippen molar-refractivity contribution in [2.45, 2.75) is 12.3 Å². The molecule has 0 bridgehead atoms. The van der Waals surface area contributed by atoms with Gasteiger partial charge in [0.15, 0.2) is 0 Å². The van der Waals surface area contributed by atoms with Crippen LogP contribution in [0.15, 0.2) is 194 Å². The number of anilines is 2. The Bertz CT molecular complexity index is 2250. The maximum absolute atomic E-state index is 2.46. The standard InChI is InChI=1S/C46H35N/c1-3-14-34(15-4-1)32-45(44-26-12-20-36-18-7-9-24-42(36)44)38-28-30-40(31-29-38)47(46-27-13-21-37-19-8-10-25-43(37)46)41-23-11-22-39(33-41)35-16-5-2-6-17-35/h1-32,39H,33H2/b45-32+. The van der Waals surface area contributed by atoms with Gasteiger partial charge in [0.05, 0.1) is 5.69 Å². The highest BCUT2D eigenvalue weighted by molar-refractivity contribution is 6.03. The minimum atomic E-state index is 0.319. The minimum Gasteiger partial charge on any atom is -0.314 e. The van der Waals surface area contributed by atoms with Gasteiger partial charge in [-0.1, -0.05) is 164 Å². The Morgan fingerprint density at radius 2 is 1.17 bits per heavy atom. The lowest BCUT2D eigenvalue weighted by Gasteiger charge is -2.32. The highest BCUT2D eigenvalue weighted by Gasteiger charge is 2.22. The van der Waals surface area contributed by atoms with Crippen molar-refractivity contribution >= 4 is 44.6 Å². The van der Waals surface area contributed by atoms with E-state index in [1.165, 1.54) is 60.8 Å². The molecule has 1 aliphatic carbocycles. The average Bonchev–Trinajstić information content (AvgIpc) is 3.15. The number of benzene rings is 7. The molecule has 0 spiro atoms. The Hall–Kier alpha value is -5.92. The lowest BCUT2D eigenvalue weighted by atomic mass is 9.89. The van der Waals surface area contributed by atoms with E-state index < -0.39 is 0 Å². The molecule has 0 saturated heterocycles. The Kier molecular flexibility index (Phi) is 7.79. The van der Waals surface area contributed by atoms with Crippen molar-refractivity contribution < 1.29 is 0 Å². The van der Waals surface area contributed by atoms with Crippen LogP contribution in [0.25, 0.3) is 33.2 Å². The molecule has 1 nitrogen and oxygen atoms in total. The van der Waals surface area contributed by atoms with Crippen LogP contribution in [0.5, 0.6) is 0 Å². The second-order valence-corrected chi connectivity index (χ2v) is 12.1. The molecule has 1 aliphatic rings. The molecule has 0 aliphatic heterocycles. The molecule has 1 heteroatoms. The summed E-state index contributed by atoms with van der Waals surface area (Å²) in [6.45, 7) is 0. The molecule has 0 N–H and O–H groups in total. The largest absolute Gasteiger partial charge is 0.314 e. The smallest absolute Gasteiger partial charge is 0.0536 e. The number of nitrogens with zero attached hydrogens (tertiary/aromatic N) is 1. The Balaban J connectivity index is 1.25. The van der Waals surface area contributed by atoms with Gasteiger partial charge in [-0.3, -0.25) is 0 Å². The summed E-state index contributed by atoms with van der Waals surface area (Å²) >= 11 is 0. The van der Waals surface area contributed by atoms with Crippen LogP contribution in [0.1, 0.15) is 34.6 Å². The number of hydrogen-bond acceptors (Lipinski definition) is 1. The summed E-state index contributed by atoms with van der Waals surface area (Å²) in [7, 11) is 0. The molecule has 1 atom stereocenters. The maximum Gasteiger partial charge on any atom is 0.0536 e. The zero-order valence-electron chi connectivity index (χ0n) is 26.2. The van der Waals surface area contributed by atoms with Gasteiger partial charge in [0, 0.05) is 22.7 Å². The van der Waals surface area contributed by atoms with Gasteiger partial charge in [-0.05, 0) is 80.8 Å². The molecular weight excluding hydrogens is 567 g/mol. The van der Waals surface area contributed by atoms with E-state index >= 15 is 0 Å². The molecule has 7 aromatic carbocycles. The third-order valence-electron chi connectivity index (χ3n) is 9.21. The first kappa shape index (κ1) is 28.5. The fourth-order valence-electron chi connectivity index (χ4n) is 6.90. The first-order chi connectivity index (χ1) is 23.3. The van der Waals surface area contributed by atoms with Crippen LogP contribution >= 0.6 is 0 Å². The third-order valence-corrected chi connectivity index (χ3v) is 9.21. The maximum atomic E-state index is 2.46.